The molecule has 0 aliphatic rings. The van der Waals surface area contributed by atoms with E-state index in [1.807, 2.05) is 14.0 Å². The van der Waals surface area contributed by atoms with E-state index in [-0.39, 0.29) is 0 Å². The van der Waals surface area contributed by atoms with E-state index in [0.29, 0.717) is 11.9 Å². The lowest BCUT2D eigenvalue weighted by molar-refractivity contribution is 0.361. The van der Waals surface area contributed by atoms with Crippen LogP contribution >= 0.6 is 0 Å². The number of rotatable bonds is 4. The van der Waals surface area contributed by atoms with Crippen LogP contribution in [-0.4, -0.2) is 23.2 Å². The lowest BCUT2D eigenvalue weighted by Crippen LogP contribution is -2.23. The molecule has 4 nitrogen and oxygen atoms in total. The Balaban J connectivity index is 2.52. The van der Waals surface area contributed by atoms with Crippen LogP contribution in [0.15, 0.2) is 4.52 Å². The summed E-state index contributed by atoms with van der Waals surface area (Å²) in [5, 5.41) is 6.92. The van der Waals surface area contributed by atoms with Gasteiger partial charge < -0.3 is 9.84 Å². The Kier molecular flexibility index (Phi) is 3.22. The second-order valence-electron chi connectivity index (χ2n) is 2.85. The molecule has 12 heavy (non-hydrogen) atoms. The predicted molar refractivity (Wildman–Crippen MR) is 45.9 cm³/mol. The van der Waals surface area contributed by atoms with Crippen LogP contribution in [0.5, 0.6) is 0 Å². The highest BCUT2D eigenvalue weighted by atomic mass is 16.5. The fourth-order valence-electron chi connectivity index (χ4n) is 0.881. The van der Waals surface area contributed by atoms with Crippen molar-refractivity contribution in [3.05, 3.63) is 11.7 Å². The normalized spacial score (nSPS) is 13.2. The molecule has 1 rings (SSSR count). The topological polar surface area (TPSA) is 51.0 Å². The van der Waals surface area contributed by atoms with E-state index in [9.17, 15) is 0 Å². The molecule has 0 radical (unpaired) electrons. The van der Waals surface area contributed by atoms with Crippen molar-refractivity contribution in [2.45, 2.75) is 32.7 Å². The standard InChI is InChI=1S/C8H15N3O/c1-4-7-10-8(12-11-7)5-6(2)9-3/h6,9H,4-5H2,1-3H3. The molecule has 68 valence electrons. The van der Waals surface area contributed by atoms with Crippen LogP contribution in [0, 0.1) is 0 Å². The summed E-state index contributed by atoms with van der Waals surface area (Å²) in [6.07, 6.45) is 1.63. The van der Waals surface area contributed by atoms with Crippen LogP contribution in [0.2, 0.25) is 0 Å². The number of nitrogens with zero attached hydrogens (tertiary/aromatic N) is 2. The summed E-state index contributed by atoms with van der Waals surface area (Å²) in [4.78, 5) is 4.20. The van der Waals surface area contributed by atoms with Gasteiger partial charge in [0, 0.05) is 18.9 Å². The van der Waals surface area contributed by atoms with Gasteiger partial charge in [0.25, 0.3) is 0 Å². The third-order valence-electron chi connectivity index (χ3n) is 1.80. The van der Waals surface area contributed by atoms with Gasteiger partial charge in [0.15, 0.2) is 5.82 Å². The highest BCUT2D eigenvalue weighted by Gasteiger charge is 2.07. The number of hydrogen-bond donors (Lipinski definition) is 1. The average Bonchev–Trinajstić information content (AvgIpc) is 2.52. The minimum atomic E-state index is 0.384. The summed E-state index contributed by atoms with van der Waals surface area (Å²) in [5.74, 6) is 1.50. The molecule has 1 atom stereocenters. The Hall–Kier alpha value is -0.900. The maximum atomic E-state index is 5.03. The SMILES string of the molecule is CCc1noc(CC(C)NC)n1. The van der Waals surface area contributed by atoms with Gasteiger partial charge in [0.05, 0.1) is 0 Å². The van der Waals surface area contributed by atoms with Crippen molar-refractivity contribution < 1.29 is 4.52 Å². The van der Waals surface area contributed by atoms with Crippen LogP contribution in [0.1, 0.15) is 25.6 Å². The Bertz CT molecular complexity index is 234. The third kappa shape index (κ3) is 2.30. The van der Waals surface area contributed by atoms with Gasteiger partial charge in [-0.25, -0.2) is 0 Å². The van der Waals surface area contributed by atoms with Crippen molar-refractivity contribution >= 4 is 0 Å². The zero-order chi connectivity index (χ0) is 8.97. The summed E-state index contributed by atoms with van der Waals surface area (Å²) in [6.45, 7) is 4.09. The number of nitrogens with one attached hydrogen (secondary N) is 1. The van der Waals surface area contributed by atoms with Gasteiger partial charge in [-0.15, -0.1) is 0 Å². The summed E-state index contributed by atoms with van der Waals surface area (Å²) in [7, 11) is 1.92. The van der Waals surface area contributed by atoms with Crippen LogP contribution in [0.3, 0.4) is 0 Å². The first-order valence-electron chi connectivity index (χ1n) is 4.25. The van der Waals surface area contributed by atoms with Gasteiger partial charge in [-0.1, -0.05) is 12.1 Å². The Morgan fingerprint density at radius 1 is 1.58 bits per heavy atom. The van der Waals surface area contributed by atoms with E-state index < -0.39 is 0 Å². The maximum absolute atomic E-state index is 5.03. The fourth-order valence-corrected chi connectivity index (χ4v) is 0.881. The largest absolute Gasteiger partial charge is 0.339 e. The number of aromatic nitrogens is 2. The smallest absolute Gasteiger partial charge is 0.228 e. The lowest BCUT2D eigenvalue weighted by Gasteiger charge is -2.04. The Morgan fingerprint density at radius 3 is 2.83 bits per heavy atom. The van der Waals surface area contributed by atoms with Crippen LogP contribution in [0.4, 0.5) is 0 Å². The van der Waals surface area contributed by atoms with E-state index >= 15 is 0 Å². The molecule has 4 heteroatoms. The molecule has 0 spiro atoms. The minimum Gasteiger partial charge on any atom is -0.339 e. The molecule has 0 saturated carbocycles. The molecule has 0 bridgehead atoms. The molecule has 1 unspecified atom stereocenters. The average molecular weight is 169 g/mol. The monoisotopic (exact) mass is 169 g/mol. The molecule has 1 aromatic rings. The van der Waals surface area contributed by atoms with Gasteiger partial charge in [0.2, 0.25) is 5.89 Å². The van der Waals surface area contributed by atoms with Crippen LogP contribution in [-0.2, 0) is 12.8 Å². The summed E-state index contributed by atoms with van der Waals surface area (Å²) >= 11 is 0. The van der Waals surface area contributed by atoms with Gasteiger partial charge in [-0.2, -0.15) is 4.98 Å². The van der Waals surface area contributed by atoms with Crippen molar-refractivity contribution in [1.82, 2.24) is 15.5 Å². The zero-order valence-electron chi connectivity index (χ0n) is 7.79. The molecule has 0 aromatic carbocycles. The van der Waals surface area contributed by atoms with E-state index in [2.05, 4.69) is 22.4 Å². The first-order valence-corrected chi connectivity index (χ1v) is 4.25. The zero-order valence-corrected chi connectivity index (χ0v) is 7.79. The second-order valence-corrected chi connectivity index (χ2v) is 2.85. The molecule has 1 N–H and O–H groups in total. The molecular weight excluding hydrogens is 154 g/mol. The van der Waals surface area contributed by atoms with E-state index in [1.54, 1.807) is 0 Å². The Morgan fingerprint density at radius 2 is 2.33 bits per heavy atom. The van der Waals surface area contributed by atoms with Crippen LogP contribution < -0.4 is 5.32 Å². The fraction of sp³-hybridized carbons (Fsp3) is 0.750. The van der Waals surface area contributed by atoms with Gasteiger partial charge in [-0.3, -0.25) is 0 Å². The van der Waals surface area contributed by atoms with E-state index in [4.69, 9.17) is 4.52 Å². The lowest BCUT2D eigenvalue weighted by atomic mass is 10.2. The summed E-state index contributed by atoms with van der Waals surface area (Å²) in [5.41, 5.74) is 0. The highest BCUT2D eigenvalue weighted by molar-refractivity contribution is 4.87. The predicted octanol–water partition coefficient (Wildman–Crippen LogP) is 0.782. The van der Waals surface area contributed by atoms with Gasteiger partial charge in [-0.05, 0) is 14.0 Å². The van der Waals surface area contributed by atoms with Gasteiger partial charge in [0.1, 0.15) is 0 Å². The third-order valence-corrected chi connectivity index (χ3v) is 1.80. The molecule has 1 heterocycles. The van der Waals surface area contributed by atoms with E-state index in [0.717, 1.165) is 18.7 Å². The number of aryl methyl sites for hydroxylation is 1. The summed E-state index contributed by atoms with van der Waals surface area (Å²) < 4.78 is 5.03. The highest BCUT2D eigenvalue weighted by Crippen LogP contribution is 2.01. The second kappa shape index (κ2) is 4.21. The molecule has 0 saturated heterocycles. The number of hydrogen-bond acceptors (Lipinski definition) is 4. The van der Waals surface area contributed by atoms with Crippen LogP contribution in [0.25, 0.3) is 0 Å². The first-order chi connectivity index (χ1) is 5.76. The van der Waals surface area contributed by atoms with Crippen molar-refractivity contribution in [1.29, 1.82) is 0 Å². The first kappa shape index (κ1) is 9.19. The van der Waals surface area contributed by atoms with E-state index in [1.165, 1.54) is 0 Å². The molecule has 0 amide bonds. The minimum absolute atomic E-state index is 0.384. The Labute approximate surface area is 72.4 Å². The quantitative estimate of drug-likeness (QED) is 0.723. The molecule has 0 aliphatic carbocycles. The van der Waals surface area contributed by atoms with Crippen molar-refractivity contribution in [3.63, 3.8) is 0 Å². The van der Waals surface area contributed by atoms with Crippen molar-refractivity contribution in [2.24, 2.45) is 0 Å². The summed E-state index contributed by atoms with van der Waals surface area (Å²) in [6, 6.07) is 0.384. The van der Waals surface area contributed by atoms with Crippen molar-refractivity contribution in [3.8, 4) is 0 Å². The molecule has 1 aromatic heterocycles. The van der Waals surface area contributed by atoms with Gasteiger partial charge >= 0.3 is 0 Å². The van der Waals surface area contributed by atoms with Crippen molar-refractivity contribution in [2.75, 3.05) is 7.05 Å². The number of likely N-dealkylation sites (N-methyl/N-ethyl adjacent to an activating group) is 1. The molecule has 0 fully saturated rings. The molecule has 0 aliphatic heterocycles. The maximum Gasteiger partial charge on any atom is 0.228 e. The molecular formula is C8H15N3O.